The Morgan fingerprint density at radius 2 is 2.00 bits per heavy atom. The molecule has 21 heavy (non-hydrogen) atoms. The van der Waals surface area contributed by atoms with Crippen LogP contribution in [0.1, 0.15) is 12.8 Å². The number of nitrogens with zero attached hydrogens (tertiary/aromatic N) is 2. The Balaban J connectivity index is 1.54. The second-order valence-electron chi connectivity index (χ2n) is 4.51. The summed E-state index contributed by atoms with van der Waals surface area (Å²) in [6.07, 6.45) is 1.65. The number of rotatable bonds is 5. The minimum absolute atomic E-state index is 0.114. The Morgan fingerprint density at radius 3 is 2.81 bits per heavy atom. The average Bonchev–Trinajstić information content (AvgIpc) is 2.97. The number of ether oxygens (including phenoxy) is 2. The summed E-state index contributed by atoms with van der Waals surface area (Å²) in [6, 6.07) is 7.40. The van der Waals surface area contributed by atoms with Gasteiger partial charge in [-0.25, -0.2) is 0 Å². The van der Waals surface area contributed by atoms with Gasteiger partial charge in [-0.1, -0.05) is 35.5 Å². The maximum atomic E-state index is 6.11. The van der Waals surface area contributed by atoms with Gasteiger partial charge < -0.3 is 13.9 Å². The molecule has 0 atom stereocenters. The molecule has 1 fully saturated rings. The van der Waals surface area contributed by atoms with Gasteiger partial charge in [0.05, 0.1) is 23.8 Å². The maximum absolute atomic E-state index is 6.11. The van der Waals surface area contributed by atoms with Crippen LogP contribution in [-0.4, -0.2) is 35.5 Å². The number of hydrogen-bond acceptors (Lipinski definition) is 6. The standard InChI is InChI=1S/C14H15ClN2O3S/c15-11-5-2-1-4-10(11)13-16-17-14(20-13)21-9-6-12-18-7-3-8-19-12/h1-2,4-5,12H,3,6-9H2. The second-order valence-corrected chi connectivity index (χ2v) is 5.97. The highest BCUT2D eigenvalue weighted by Gasteiger charge is 2.16. The predicted octanol–water partition coefficient (Wildman–Crippen LogP) is 3.64. The van der Waals surface area contributed by atoms with E-state index >= 15 is 0 Å². The lowest BCUT2D eigenvalue weighted by Crippen LogP contribution is -2.25. The molecule has 112 valence electrons. The average molecular weight is 327 g/mol. The molecule has 0 aliphatic carbocycles. The molecule has 3 rings (SSSR count). The van der Waals surface area contributed by atoms with Gasteiger partial charge in [-0.2, -0.15) is 0 Å². The van der Waals surface area contributed by atoms with Gasteiger partial charge in [0.1, 0.15) is 0 Å². The van der Waals surface area contributed by atoms with Gasteiger partial charge in [-0.3, -0.25) is 0 Å². The van der Waals surface area contributed by atoms with E-state index in [1.165, 1.54) is 11.8 Å². The third kappa shape index (κ3) is 3.97. The molecule has 1 aromatic carbocycles. The second kappa shape index (κ2) is 7.26. The third-order valence-electron chi connectivity index (χ3n) is 2.99. The molecule has 5 nitrogen and oxygen atoms in total. The number of halogens is 1. The van der Waals surface area contributed by atoms with Crippen molar-refractivity contribution >= 4 is 23.4 Å². The molecule has 2 aromatic rings. The zero-order chi connectivity index (χ0) is 14.5. The number of benzene rings is 1. The summed E-state index contributed by atoms with van der Waals surface area (Å²) < 4.78 is 16.6. The van der Waals surface area contributed by atoms with Gasteiger partial charge in [0.2, 0.25) is 5.89 Å². The Kier molecular flexibility index (Phi) is 5.13. The van der Waals surface area contributed by atoms with Gasteiger partial charge in [0, 0.05) is 12.2 Å². The summed E-state index contributed by atoms with van der Waals surface area (Å²) in [5.41, 5.74) is 0.748. The highest BCUT2D eigenvalue weighted by atomic mass is 35.5. The van der Waals surface area contributed by atoms with Gasteiger partial charge >= 0.3 is 0 Å². The van der Waals surface area contributed by atoms with E-state index in [-0.39, 0.29) is 6.29 Å². The van der Waals surface area contributed by atoms with E-state index in [1.807, 2.05) is 18.2 Å². The van der Waals surface area contributed by atoms with Gasteiger partial charge in [0.25, 0.3) is 5.22 Å². The molecule has 0 N–H and O–H groups in total. The van der Waals surface area contributed by atoms with Crippen LogP contribution in [0.4, 0.5) is 0 Å². The molecule has 0 unspecified atom stereocenters. The monoisotopic (exact) mass is 326 g/mol. The minimum Gasteiger partial charge on any atom is -0.411 e. The Hall–Kier alpha value is -1.08. The van der Waals surface area contributed by atoms with Crippen molar-refractivity contribution < 1.29 is 13.9 Å². The minimum atomic E-state index is -0.114. The lowest BCUT2D eigenvalue weighted by Gasteiger charge is -2.22. The Labute approximate surface area is 132 Å². The molecule has 0 amide bonds. The summed E-state index contributed by atoms with van der Waals surface area (Å²) in [6.45, 7) is 1.54. The van der Waals surface area contributed by atoms with Crippen molar-refractivity contribution in [2.45, 2.75) is 24.4 Å². The van der Waals surface area contributed by atoms with Crippen LogP contribution in [0, 0.1) is 0 Å². The van der Waals surface area contributed by atoms with Crippen LogP contribution in [0.25, 0.3) is 11.5 Å². The van der Waals surface area contributed by atoms with Gasteiger partial charge in [-0.05, 0) is 18.6 Å². The Bertz CT molecular complexity index is 587. The normalized spacial score (nSPS) is 16.2. The predicted molar refractivity (Wildman–Crippen MR) is 80.4 cm³/mol. The number of aromatic nitrogens is 2. The summed E-state index contributed by atoms with van der Waals surface area (Å²) >= 11 is 7.60. The fourth-order valence-corrected chi connectivity index (χ4v) is 2.90. The van der Waals surface area contributed by atoms with Crippen molar-refractivity contribution in [1.82, 2.24) is 10.2 Å². The molecule has 7 heteroatoms. The molecule has 1 saturated heterocycles. The van der Waals surface area contributed by atoms with Crippen molar-refractivity contribution in [2.24, 2.45) is 0 Å². The van der Waals surface area contributed by atoms with Crippen LogP contribution < -0.4 is 0 Å². The van der Waals surface area contributed by atoms with Crippen LogP contribution in [-0.2, 0) is 9.47 Å². The van der Waals surface area contributed by atoms with Crippen LogP contribution in [0.2, 0.25) is 5.02 Å². The maximum Gasteiger partial charge on any atom is 0.276 e. The first-order valence-corrected chi connectivity index (χ1v) is 8.14. The molecule has 0 spiro atoms. The molecule has 1 aliphatic rings. The summed E-state index contributed by atoms with van der Waals surface area (Å²) in [4.78, 5) is 0. The summed E-state index contributed by atoms with van der Waals surface area (Å²) in [7, 11) is 0. The van der Waals surface area contributed by atoms with E-state index in [9.17, 15) is 0 Å². The third-order valence-corrected chi connectivity index (χ3v) is 4.17. The van der Waals surface area contributed by atoms with Crippen LogP contribution in [0.5, 0.6) is 0 Å². The largest absolute Gasteiger partial charge is 0.411 e. The SMILES string of the molecule is Clc1ccccc1-c1nnc(SCCC2OCCCO2)o1. The van der Waals surface area contributed by atoms with E-state index in [1.54, 1.807) is 6.07 Å². The topological polar surface area (TPSA) is 57.4 Å². The first kappa shape index (κ1) is 14.8. The molecule has 1 aliphatic heterocycles. The molecule has 0 saturated carbocycles. The quantitative estimate of drug-likeness (QED) is 0.782. The smallest absolute Gasteiger partial charge is 0.276 e. The van der Waals surface area contributed by atoms with Crippen molar-refractivity contribution in [3.63, 3.8) is 0 Å². The summed E-state index contributed by atoms with van der Waals surface area (Å²) in [5.74, 6) is 1.24. The molecule has 2 heterocycles. The van der Waals surface area contributed by atoms with Gasteiger partial charge in [0.15, 0.2) is 6.29 Å². The fourth-order valence-electron chi connectivity index (χ4n) is 1.96. The zero-order valence-corrected chi connectivity index (χ0v) is 12.9. The van der Waals surface area contributed by atoms with Crippen molar-refractivity contribution in [3.8, 4) is 11.5 Å². The zero-order valence-electron chi connectivity index (χ0n) is 11.3. The fraction of sp³-hybridized carbons (Fsp3) is 0.429. The molecular weight excluding hydrogens is 312 g/mol. The van der Waals surface area contributed by atoms with E-state index in [0.29, 0.717) is 16.1 Å². The van der Waals surface area contributed by atoms with Crippen molar-refractivity contribution in [1.29, 1.82) is 0 Å². The van der Waals surface area contributed by atoms with Crippen LogP contribution in [0.3, 0.4) is 0 Å². The first-order valence-electron chi connectivity index (χ1n) is 6.77. The molecule has 0 radical (unpaired) electrons. The van der Waals surface area contributed by atoms with Gasteiger partial charge in [-0.15, -0.1) is 10.2 Å². The highest BCUT2D eigenvalue weighted by molar-refractivity contribution is 7.99. The van der Waals surface area contributed by atoms with Crippen molar-refractivity contribution in [2.75, 3.05) is 19.0 Å². The lowest BCUT2D eigenvalue weighted by atomic mass is 10.2. The molecular formula is C14H15ClN2O3S. The first-order chi connectivity index (χ1) is 10.3. The summed E-state index contributed by atoms with van der Waals surface area (Å²) in [5, 5.41) is 9.18. The van der Waals surface area contributed by atoms with E-state index in [0.717, 1.165) is 37.4 Å². The molecule has 1 aromatic heterocycles. The number of thioether (sulfide) groups is 1. The van der Waals surface area contributed by atoms with E-state index < -0.39 is 0 Å². The van der Waals surface area contributed by atoms with Crippen molar-refractivity contribution in [3.05, 3.63) is 29.3 Å². The lowest BCUT2D eigenvalue weighted by molar-refractivity contribution is -0.178. The van der Waals surface area contributed by atoms with E-state index in [2.05, 4.69) is 10.2 Å². The van der Waals surface area contributed by atoms with Crippen LogP contribution >= 0.6 is 23.4 Å². The number of hydrogen-bond donors (Lipinski definition) is 0. The van der Waals surface area contributed by atoms with E-state index in [4.69, 9.17) is 25.5 Å². The van der Waals surface area contributed by atoms with Crippen LogP contribution in [0.15, 0.2) is 33.9 Å². The highest BCUT2D eigenvalue weighted by Crippen LogP contribution is 2.29. The Morgan fingerprint density at radius 1 is 1.19 bits per heavy atom. The molecule has 0 bridgehead atoms.